The minimum absolute atomic E-state index is 0.704. The van der Waals surface area contributed by atoms with E-state index in [1.165, 1.54) is 64.5 Å². The van der Waals surface area contributed by atoms with Gasteiger partial charge in [0.15, 0.2) is 0 Å². The maximum atomic E-state index is 6.55. The Morgan fingerprint density at radius 2 is 0.667 bits per heavy atom. The van der Waals surface area contributed by atoms with E-state index in [4.69, 9.17) is 9.47 Å². The second-order valence-electron chi connectivity index (χ2n) is 13.8. The Balaban J connectivity index is 1.44. The number of rotatable bonds is 6. The van der Waals surface area contributed by atoms with Crippen molar-refractivity contribution in [1.29, 1.82) is 0 Å². The van der Waals surface area contributed by atoms with Crippen LogP contribution in [0.5, 0.6) is 11.5 Å². The summed E-state index contributed by atoms with van der Waals surface area (Å²) in [7, 11) is -1.91. The molecule has 0 radical (unpaired) electrons. The lowest BCUT2D eigenvalue weighted by atomic mass is 9.93. The molecular weight excluding hydrogens is 694 g/mol. The molecule has 0 spiro atoms. The molecule has 264 valence electrons. The molecule has 4 heteroatoms. The van der Waals surface area contributed by atoms with E-state index in [9.17, 15) is 0 Å². The van der Waals surface area contributed by atoms with Crippen molar-refractivity contribution in [2.24, 2.45) is 0 Å². The number of hydrogen-bond donors (Lipinski definition) is 0. The van der Waals surface area contributed by atoms with Crippen molar-refractivity contribution in [2.75, 3.05) is 13.2 Å². The summed E-state index contributed by atoms with van der Waals surface area (Å²) < 4.78 is 13.1. The Bertz CT molecular complexity index is 2250. The lowest BCUT2D eigenvalue weighted by molar-refractivity contribution is 0.288. The molecule has 0 atom stereocenters. The highest BCUT2D eigenvalue weighted by atomic mass is 31.1. The molecule has 0 unspecified atom stereocenters. The van der Waals surface area contributed by atoms with Gasteiger partial charge in [-0.25, -0.2) is 0 Å². The molecule has 0 fully saturated rings. The highest BCUT2D eigenvalue weighted by Crippen LogP contribution is 2.46. The third kappa shape index (κ3) is 7.05. The van der Waals surface area contributed by atoms with Gasteiger partial charge in [-0.05, 0) is 130 Å². The summed E-state index contributed by atoms with van der Waals surface area (Å²) in [6.45, 7) is 1.41. The van der Waals surface area contributed by atoms with Gasteiger partial charge in [-0.1, -0.05) is 158 Å². The Morgan fingerprint density at radius 1 is 0.333 bits per heavy atom. The van der Waals surface area contributed by atoms with Gasteiger partial charge in [0.1, 0.15) is 11.5 Å². The second kappa shape index (κ2) is 16.0. The van der Waals surface area contributed by atoms with Gasteiger partial charge in [-0.2, -0.15) is 0 Å². The predicted octanol–water partition coefficient (Wildman–Crippen LogP) is 10.5. The first-order chi connectivity index (χ1) is 26.8. The first-order valence-corrected chi connectivity index (χ1v) is 21.7. The van der Waals surface area contributed by atoms with Crippen LogP contribution in [0.4, 0.5) is 0 Å². The van der Waals surface area contributed by atoms with E-state index in [1.807, 2.05) is 0 Å². The minimum atomic E-state index is -0.953. The van der Waals surface area contributed by atoms with Gasteiger partial charge in [0.25, 0.3) is 0 Å². The summed E-state index contributed by atoms with van der Waals surface area (Å²) in [5.74, 6) is 1.85. The number of fused-ring (bicyclic) bond motifs is 3. The highest BCUT2D eigenvalue weighted by molar-refractivity contribution is 7.80. The van der Waals surface area contributed by atoms with Gasteiger partial charge in [-0.15, -0.1) is 0 Å². The van der Waals surface area contributed by atoms with Crippen molar-refractivity contribution in [1.82, 2.24) is 0 Å². The van der Waals surface area contributed by atoms with Crippen molar-refractivity contribution < 1.29 is 9.47 Å². The fraction of sp³-hybridized carbons (Fsp3) is 0.120. The van der Waals surface area contributed by atoms with Crippen LogP contribution in [0.2, 0.25) is 0 Å². The van der Waals surface area contributed by atoms with Gasteiger partial charge in [-0.3, -0.25) is 0 Å². The quantitative estimate of drug-likeness (QED) is 0.158. The molecule has 0 aliphatic carbocycles. The zero-order valence-corrected chi connectivity index (χ0v) is 32.1. The van der Waals surface area contributed by atoms with Gasteiger partial charge >= 0.3 is 0 Å². The van der Waals surface area contributed by atoms with E-state index < -0.39 is 15.8 Å². The van der Waals surface area contributed by atoms with Crippen LogP contribution in [0.15, 0.2) is 182 Å². The second-order valence-corrected chi connectivity index (χ2v) is 18.2. The minimum Gasteiger partial charge on any atom is -0.494 e. The third-order valence-electron chi connectivity index (χ3n) is 10.3. The monoisotopic (exact) mass is 736 g/mol. The summed E-state index contributed by atoms with van der Waals surface area (Å²) in [5, 5.41) is 12.8. The molecule has 1 aliphatic heterocycles. The number of benzene rings is 8. The van der Waals surface area contributed by atoms with E-state index in [1.54, 1.807) is 0 Å². The van der Waals surface area contributed by atoms with Crippen LogP contribution in [0.3, 0.4) is 0 Å². The van der Waals surface area contributed by atoms with Crippen molar-refractivity contribution in [2.45, 2.75) is 25.7 Å². The molecule has 4 bridgehead atoms. The molecule has 1 heterocycles. The van der Waals surface area contributed by atoms with Gasteiger partial charge in [0.05, 0.1) is 13.2 Å². The van der Waals surface area contributed by atoms with Crippen LogP contribution in [-0.2, 0) is 0 Å². The van der Waals surface area contributed by atoms with Crippen molar-refractivity contribution in [3.05, 3.63) is 182 Å². The molecular formula is C50H42O2P2. The molecule has 9 rings (SSSR count). The smallest absolute Gasteiger partial charge is 0.119 e. The molecule has 0 aromatic heterocycles. The normalized spacial score (nSPS) is 13.4. The Hall–Kier alpha value is -5.26. The standard InChI is InChI=1S/C50H42O2P2/c1-2-16-34-52-40-30-26-38-28-32-48(54(43-21-11-5-12-22-43)44-23-13-6-14-24-44)50(46(38)36-40)49-45-35-39(51-33-15-1)29-25-37(45)27-31-47(49)53(41-17-7-3-8-18-41)42-19-9-4-10-20-42/h3-14,17-32,35-36H,1-2,15-16,33-34H2. The van der Waals surface area contributed by atoms with Gasteiger partial charge in [0, 0.05) is 0 Å². The van der Waals surface area contributed by atoms with Crippen LogP contribution in [0, 0.1) is 0 Å². The van der Waals surface area contributed by atoms with E-state index in [0.29, 0.717) is 13.2 Å². The highest BCUT2D eigenvalue weighted by Gasteiger charge is 2.28. The van der Waals surface area contributed by atoms with Crippen LogP contribution in [0.1, 0.15) is 25.7 Å². The molecule has 8 aromatic carbocycles. The zero-order valence-electron chi connectivity index (χ0n) is 30.3. The maximum Gasteiger partial charge on any atom is 0.119 e. The number of ether oxygens (including phenoxy) is 2. The molecule has 2 nitrogen and oxygen atoms in total. The van der Waals surface area contributed by atoms with Crippen LogP contribution >= 0.6 is 15.8 Å². The van der Waals surface area contributed by atoms with Gasteiger partial charge < -0.3 is 9.47 Å². The summed E-state index contributed by atoms with van der Waals surface area (Å²) in [6, 6.07) is 67.4. The summed E-state index contributed by atoms with van der Waals surface area (Å²) in [6.07, 6.45) is 4.29. The van der Waals surface area contributed by atoms with Crippen molar-refractivity contribution >= 4 is 69.2 Å². The van der Waals surface area contributed by atoms with E-state index in [-0.39, 0.29) is 0 Å². The largest absolute Gasteiger partial charge is 0.494 e. The van der Waals surface area contributed by atoms with E-state index in [0.717, 1.165) is 37.2 Å². The van der Waals surface area contributed by atoms with E-state index >= 15 is 0 Å². The van der Waals surface area contributed by atoms with E-state index in [2.05, 4.69) is 182 Å². The van der Waals surface area contributed by atoms with Crippen molar-refractivity contribution in [3.8, 4) is 22.6 Å². The Morgan fingerprint density at radius 3 is 1.02 bits per heavy atom. The first-order valence-electron chi connectivity index (χ1n) is 19.0. The maximum absolute atomic E-state index is 6.55. The summed E-state index contributed by atoms with van der Waals surface area (Å²) in [4.78, 5) is 0. The molecule has 54 heavy (non-hydrogen) atoms. The lowest BCUT2D eigenvalue weighted by Crippen LogP contribution is -2.26. The molecule has 0 saturated heterocycles. The average molecular weight is 737 g/mol. The molecule has 0 amide bonds. The van der Waals surface area contributed by atoms with Crippen LogP contribution in [-0.4, -0.2) is 13.2 Å². The fourth-order valence-electron chi connectivity index (χ4n) is 7.75. The number of hydrogen-bond acceptors (Lipinski definition) is 2. The summed E-state index contributed by atoms with van der Waals surface area (Å²) >= 11 is 0. The van der Waals surface area contributed by atoms with Gasteiger partial charge in [0.2, 0.25) is 0 Å². The lowest BCUT2D eigenvalue weighted by Gasteiger charge is -2.28. The topological polar surface area (TPSA) is 18.5 Å². The molecule has 0 N–H and O–H groups in total. The predicted molar refractivity (Wildman–Crippen MR) is 234 cm³/mol. The van der Waals surface area contributed by atoms with Crippen LogP contribution < -0.4 is 41.3 Å². The fourth-order valence-corrected chi connectivity index (χ4v) is 12.7. The van der Waals surface area contributed by atoms with Crippen molar-refractivity contribution in [3.63, 3.8) is 0 Å². The SMILES string of the molecule is c1ccc(P(c2ccccc2)c2ccc3ccc4cc3c2-c2c(P(c3ccccc3)c3ccccc3)ccc3ccc(cc23)OCCCCCCO4)cc1. The third-order valence-corrected chi connectivity index (χ3v) is 15.3. The molecule has 8 aromatic rings. The Labute approximate surface area is 320 Å². The molecule has 0 saturated carbocycles. The average Bonchev–Trinajstić information content (AvgIpc) is 3.23. The van der Waals surface area contributed by atoms with Crippen LogP contribution in [0.25, 0.3) is 32.7 Å². The Kier molecular flexibility index (Phi) is 10.2. The summed E-state index contributed by atoms with van der Waals surface area (Å²) in [5.41, 5.74) is 2.56. The molecule has 1 aliphatic rings. The first kappa shape index (κ1) is 34.5. The zero-order chi connectivity index (χ0) is 36.1.